The van der Waals surface area contributed by atoms with Gasteiger partial charge < -0.3 is 4.98 Å². The zero-order valence-electron chi connectivity index (χ0n) is 14.5. The minimum Gasteiger partial charge on any atom is -0.358 e. The first kappa shape index (κ1) is 16.8. The first-order valence-electron chi connectivity index (χ1n) is 8.33. The van der Waals surface area contributed by atoms with Gasteiger partial charge in [0.25, 0.3) is 0 Å². The van der Waals surface area contributed by atoms with Crippen molar-refractivity contribution in [2.45, 2.75) is 54.0 Å². The van der Waals surface area contributed by atoms with Crippen molar-refractivity contribution in [3.05, 3.63) is 44.7 Å². The Morgan fingerprint density at radius 1 is 1.05 bits per heavy atom. The van der Waals surface area contributed by atoms with Crippen LogP contribution in [0.4, 0.5) is 0 Å². The Morgan fingerprint density at radius 3 is 2.27 bits per heavy atom. The molecule has 0 amide bonds. The molecule has 0 saturated carbocycles. The van der Waals surface area contributed by atoms with E-state index in [4.69, 9.17) is 0 Å². The third-order valence-corrected chi connectivity index (χ3v) is 4.48. The molecule has 0 saturated heterocycles. The van der Waals surface area contributed by atoms with Crippen LogP contribution in [0.15, 0.2) is 16.9 Å². The molecule has 22 heavy (non-hydrogen) atoms. The topological polar surface area (TPSA) is 36.1 Å². The van der Waals surface area contributed by atoms with Crippen molar-refractivity contribution in [2.24, 2.45) is 0 Å². The lowest BCUT2D eigenvalue weighted by Gasteiger charge is -2.22. The number of nitrogens with zero attached hydrogens (tertiary/aromatic N) is 1. The lowest BCUT2D eigenvalue weighted by molar-refractivity contribution is 0.265. The Bertz CT molecular complexity index is 709. The van der Waals surface area contributed by atoms with Crippen molar-refractivity contribution in [3.63, 3.8) is 0 Å². The molecular formula is C19H28N2O. The zero-order valence-corrected chi connectivity index (χ0v) is 14.5. The van der Waals surface area contributed by atoms with Gasteiger partial charge in [-0.3, -0.25) is 9.69 Å². The van der Waals surface area contributed by atoms with Gasteiger partial charge >= 0.3 is 0 Å². The fourth-order valence-corrected chi connectivity index (χ4v) is 3.08. The van der Waals surface area contributed by atoms with Gasteiger partial charge in [-0.1, -0.05) is 19.9 Å². The summed E-state index contributed by atoms with van der Waals surface area (Å²) in [6.07, 6.45) is 2.23. The second-order valence-corrected chi connectivity index (χ2v) is 6.26. The van der Waals surface area contributed by atoms with Crippen molar-refractivity contribution in [2.75, 3.05) is 13.1 Å². The average molecular weight is 300 g/mol. The third kappa shape index (κ3) is 3.25. The van der Waals surface area contributed by atoms with Crippen LogP contribution in [0.5, 0.6) is 0 Å². The van der Waals surface area contributed by atoms with Gasteiger partial charge in [-0.05, 0) is 63.9 Å². The minimum absolute atomic E-state index is 0.187. The predicted molar refractivity (Wildman–Crippen MR) is 94.6 cm³/mol. The monoisotopic (exact) mass is 300 g/mol. The number of H-pyrrole nitrogens is 1. The molecule has 120 valence electrons. The maximum Gasteiger partial charge on any atom is 0.194 e. The van der Waals surface area contributed by atoms with Gasteiger partial charge in [0, 0.05) is 23.2 Å². The van der Waals surface area contributed by atoms with E-state index in [0.717, 1.165) is 54.6 Å². The Balaban J connectivity index is 2.51. The number of hydrogen-bond donors (Lipinski definition) is 1. The summed E-state index contributed by atoms with van der Waals surface area (Å²) < 4.78 is 0. The van der Waals surface area contributed by atoms with Crippen LogP contribution in [-0.4, -0.2) is 23.0 Å². The Hall–Kier alpha value is -1.61. The van der Waals surface area contributed by atoms with E-state index < -0.39 is 0 Å². The maximum absolute atomic E-state index is 12.9. The van der Waals surface area contributed by atoms with Crippen molar-refractivity contribution in [1.82, 2.24) is 9.88 Å². The van der Waals surface area contributed by atoms with E-state index in [2.05, 4.69) is 37.6 Å². The Labute approximate surface area is 133 Å². The highest BCUT2D eigenvalue weighted by atomic mass is 16.1. The summed E-state index contributed by atoms with van der Waals surface area (Å²) >= 11 is 0. The smallest absolute Gasteiger partial charge is 0.194 e. The van der Waals surface area contributed by atoms with E-state index in [1.165, 1.54) is 11.1 Å². The summed E-state index contributed by atoms with van der Waals surface area (Å²) in [6, 6.07) is 4.01. The fourth-order valence-electron chi connectivity index (χ4n) is 3.08. The van der Waals surface area contributed by atoms with Crippen molar-refractivity contribution in [1.29, 1.82) is 0 Å². The predicted octanol–water partition coefficient (Wildman–Crippen LogP) is 4.08. The normalized spacial score (nSPS) is 11.5. The van der Waals surface area contributed by atoms with Gasteiger partial charge in [0.2, 0.25) is 0 Å². The van der Waals surface area contributed by atoms with Gasteiger partial charge in [0.15, 0.2) is 5.43 Å². The van der Waals surface area contributed by atoms with E-state index in [9.17, 15) is 4.79 Å². The number of benzene rings is 1. The summed E-state index contributed by atoms with van der Waals surface area (Å²) in [5.41, 5.74) is 5.48. The van der Waals surface area contributed by atoms with Gasteiger partial charge in [-0.25, -0.2) is 0 Å². The highest BCUT2D eigenvalue weighted by Gasteiger charge is 2.14. The number of aromatic amines is 1. The molecule has 0 unspecified atom stereocenters. The average Bonchev–Trinajstić information content (AvgIpc) is 2.48. The number of aromatic nitrogens is 1. The summed E-state index contributed by atoms with van der Waals surface area (Å²) in [7, 11) is 0. The lowest BCUT2D eigenvalue weighted by atomic mass is 10.0. The minimum atomic E-state index is 0.187. The number of hydrogen-bond acceptors (Lipinski definition) is 2. The van der Waals surface area contributed by atoms with E-state index in [1.54, 1.807) is 0 Å². The highest BCUT2D eigenvalue weighted by molar-refractivity contribution is 5.83. The molecule has 0 atom stereocenters. The third-order valence-electron chi connectivity index (χ3n) is 4.48. The molecule has 0 radical (unpaired) electrons. The van der Waals surface area contributed by atoms with E-state index in [1.807, 2.05) is 19.1 Å². The fraction of sp³-hybridized carbons (Fsp3) is 0.526. The number of aryl methyl sites for hydroxylation is 3. The zero-order chi connectivity index (χ0) is 16.3. The molecule has 1 heterocycles. The highest BCUT2D eigenvalue weighted by Crippen LogP contribution is 2.19. The van der Waals surface area contributed by atoms with Crippen LogP contribution in [0, 0.1) is 20.8 Å². The van der Waals surface area contributed by atoms with Crippen LogP contribution in [0.1, 0.15) is 49.1 Å². The van der Waals surface area contributed by atoms with Crippen LogP contribution in [-0.2, 0) is 6.54 Å². The molecule has 2 rings (SSSR count). The lowest BCUT2D eigenvalue weighted by Crippen LogP contribution is -2.29. The number of nitrogens with one attached hydrogen (secondary N) is 1. The molecule has 0 bridgehead atoms. The van der Waals surface area contributed by atoms with Gasteiger partial charge in [0.1, 0.15) is 0 Å². The summed E-state index contributed by atoms with van der Waals surface area (Å²) in [6.45, 7) is 13.4. The quantitative estimate of drug-likeness (QED) is 0.872. The van der Waals surface area contributed by atoms with Crippen LogP contribution >= 0.6 is 0 Å². The van der Waals surface area contributed by atoms with Gasteiger partial charge in [-0.15, -0.1) is 0 Å². The van der Waals surface area contributed by atoms with Gasteiger partial charge in [-0.2, -0.15) is 0 Å². The first-order valence-corrected chi connectivity index (χ1v) is 8.33. The molecule has 1 aromatic heterocycles. The first-order chi connectivity index (χ1) is 10.5. The standard InChI is InChI=1S/C19H28N2O/c1-6-10-21(11-7-2)12-17-15(5)20-18-14(4)13(3)8-9-16(18)19(17)22/h8-9H,6-7,10-12H2,1-5H3,(H,20,22). The SMILES string of the molecule is CCCN(CCC)Cc1c(C)[nH]c2c(C)c(C)ccc2c1=O. The molecule has 1 aromatic carbocycles. The van der Waals surface area contributed by atoms with Crippen LogP contribution < -0.4 is 5.43 Å². The van der Waals surface area contributed by atoms with E-state index in [0.29, 0.717) is 0 Å². The van der Waals surface area contributed by atoms with Crippen molar-refractivity contribution < 1.29 is 0 Å². The van der Waals surface area contributed by atoms with Crippen LogP contribution in [0.3, 0.4) is 0 Å². The number of rotatable bonds is 6. The Kier molecular flexibility index (Phi) is 5.41. The molecule has 0 aliphatic carbocycles. The molecule has 0 spiro atoms. The molecule has 0 fully saturated rings. The molecule has 0 aliphatic rings. The van der Waals surface area contributed by atoms with Gasteiger partial charge in [0.05, 0.1) is 5.52 Å². The number of fused-ring (bicyclic) bond motifs is 1. The summed E-state index contributed by atoms with van der Waals surface area (Å²) in [5, 5.41) is 0.816. The maximum atomic E-state index is 12.9. The molecule has 2 aromatic rings. The van der Waals surface area contributed by atoms with Crippen molar-refractivity contribution >= 4 is 10.9 Å². The summed E-state index contributed by atoms with van der Waals surface area (Å²) in [4.78, 5) is 18.8. The molecule has 0 aliphatic heterocycles. The molecule has 3 nitrogen and oxygen atoms in total. The number of pyridine rings is 1. The van der Waals surface area contributed by atoms with Crippen molar-refractivity contribution in [3.8, 4) is 0 Å². The largest absolute Gasteiger partial charge is 0.358 e. The van der Waals surface area contributed by atoms with E-state index in [-0.39, 0.29) is 5.43 Å². The van der Waals surface area contributed by atoms with E-state index >= 15 is 0 Å². The second-order valence-electron chi connectivity index (χ2n) is 6.26. The molecule has 3 heteroatoms. The van der Waals surface area contributed by atoms with Crippen LogP contribution in [0.2, 0.25) is 0 Å². The second kappa shape index (κ2) is 7.10. The molecular weight excluding hydrogens is 272 g/mol. The van der Waals surface area contributed by atoms with Crippen LogP contribution in [0.25, 0.3) is 10.9 Å². The molecule has 1 N–H and O–H groups in total. The summed E-state index contributed by atoms with van der Waals surface area (Å²) in [5.74, 6) is 0. The Morgan fingerprint density at radius 2 is 1.68 bits per heavy atom.